The Morgan fingerprint density at radius 2 is 1.80 bits per heavy atom. The van der Waals surface area contributed by atoms with Gasteiger partial charge in [-0.05, 0) is 61.0 Å². The van der Waals surface area contributed by atoms with Gasteiger partial charge in [-0.2, -0.15) is 0 Å². The number of nitrogens with one attached hydrogen (secondary N) is 3. The molecule has 2 aromatic rings. The number of thioether (sulfide) groups is 1. The minimum Gasteiger partial charge on any atom is -0.491 e. The molecule has 44 heavy (non-hydrogen) atoms. The molecule has 236 valence electrons. The standard InChI is InChI=1S/C31H37FN4O7S/c1-17-10-11-20(22(32)12-17)15-33-26(38)23(34-27(39)25(18(2)37)35-29(41)31(3,4)5)16-43-21-9-7-8-19(13-21)14-24-28(40)36(6)30(42)44-24/h7-14,18,23,25,37H,15-16H2,1-6H3,(H,33,38)(H,34,39)(H,35,41)/t18-,23+,25+/m1/s1. The molecule has 0 bridgehead atoms. The lowest BCUT2D eigenvalue weighted by Gasteiger charge is -2.27. The van der Waals surface area contributed by atoms with E-state index < -0.39 is 58.3 Å². The van der Waals surface area contributed by atoms with Crippen LogP contribution in [0.25, 0.3) is 6.08 Å². The van der Waals surface area contributed by atoms with Crippen molar-refractivity contribution in [3.8, 4) is 5.75 Å². The van der Waals surface area contributed by atoms with Crippen LogP contribution in [-0.4, -0.2) is 70.7 Å². The highest BCUT2D eigenvalue weighted by atomic mass is 32.2. The molecule has 1 aliphatic heterocycles. The van der Waals surface area contributed by atoms with Gasteiger partial charge >= 0.3 is 0 Å². The van der Waals surface area contributed by atoms with E-state index in [1.165, 1.54) is 26.1 Å². The third-order valence-electron chi connectivity index (χ3n) is 6.59. The first-order valence-electron chi connectivity index (χ1n) is 13.8. The molecular formula is C31H37FN4O7S. The number of hydrogen-bond donors (Lipinski definition) is 4. The van der Waals surface area contributed by atoms with Gasteiger partial charge < -0.3 is 25.8 Å². The summed E-state index contributed by atoms with van der Waals surface area (Å²) in [6, 6.07) is 8.43. The second kappa shape index (κ2) is 14.5. The number of amides is 5. The van der Waals surface area contributed by atoms with Crippen LogP contribution in [0, 0.1) is 18.2 Å². The maximum absolute atomic E-state index is 14.4. The highest BCUT2D eigenvalue weighted by Crippen LogP contribution is 2.31. The highest BCUT2D eigenvalue weighted by molar-refractivity contribution is 8.18. The first-order valence-corrected chi connectivity index (χ1v) is 14.6. The highest BCUT2D eigenvalue weighted by Gasteiger charge is 2.34. The molecule has 1 saturated heterocycles. The quantitative estimate of drug-likeness (QED) is 0.277. The zero-order valence-corrected chi connectivity index (χ0v) is 26.2. The van der Waals surface area contributed by atoms with Crippen LogP contribution < -0.4 is 20.7 Å². The van der Waals surface area contributed by atoms with E-state index in [0.29, 0.717) is 16.9 Å². The minimum absolute atomic E-state index is 0.167. The summed E-state index contributed by atoms with van der Waals surface area (Å²) in [4.78, 5) is 64.4. The number of nitrogens with zero attached hydrogens (tertiary/aromatic N) is 1. The molecule has 11 nitrogen and oxygen atoms in total. The molecule has 0 aliphatic carbocycles. The summed E-state index contributed by atoms with van der Waals surface area (Å²) in [6.45, 7) is 7.47. The van der Waals surface area contributed by atoms with Gasteiger partial charge in [0.05, 0.1) is 11.0 Å². The van der Waals surface area contributed by atoms with E-state index in [0.717, 1.165) is 16.7 Å². The van der Waals surface area contributed by atoms with Crippen molar-refractivity contribution < 1.29 is 38.2 Å². The summed E-state index contributed by atoms with van der Waals surface area (Å²) in [5.41, 5.74) is 0.652. The van der Waals surface area contributed by atoms with E-state index in [9.17, 15) is 33.5 Å². The Morgan fingerprint density at radius 1 is 1.09 bits per heavy atom. The molecule has 1 heterocycles. The number of benzene rings is 2. The zero-order chi connectivity index (χ0) is 32.8. The molecule has 4 N–H and O–H groups in total. The lowest BCUT2D eigenvalue weighted by atomic mass is 9.94. The van der Waals surface area contributed by atoms with Gasteiger partial charge in [-0.1, -0.05) is 45.0 Å². The van der Waals surface area contributed by atoms with E-state index in [2.05, 4.69) is 16.0 Å². The molecule has 3 rings (SSSR count). The Labute approximate surface area is 259 Å². The fourth-order valence-electron chi connectivity index (χ4n) is 3.88. The molecule has 0 radical (unpaired) electrons. The van der Waals surface area contributed by atoms with Gasteiger partial charge in [-0.25, -0.2) is 4.39 Å². The molecule has 0 spiro atoms. The monoisotopic (exact) mass is 628 g/mol. The molecule has 1 aliphatic rings. The Kier molecular flexibility index (Phi) is 11.3. The lowest BCUT2D eigenvalue weighted by Crippen LogP contribution is -2.59. The van der Waals surface area contributed by atoms with Gasteiger partial charge in [0.2, 0.25) is 17.7 Å². The van der Waals surface area contributed by atoms with Crippen molar-refractivity contribution in [1.29, 1.82) is 0 Å². The smallest absolute Gasteiger partial charge is 0.293 e. The molecule has 1 fully saturated rings. The molecule has 13 heteroatoms. The predicted octanol–water partition coefficient (Wildman–Crippen LogP) is 2.89. The molecular weight excluding hydrogens is 591 g/mol. The van der Waals surface area contributed by atoms with Crippen molar-refractivity contribution in [3.63, 3.8) is 0 Å². The van der Waals surface area contributed by atoms with Crippen molar-refractivity contribution >= 4 is 46.7 Å². The van der Waals surface area contributed by atoms with Gasteiger partial charge in [0, 0.05) is 24.6 Å². The number of carbonyl (C=O) groups excluding carboxylic acids is 5. The molecule has 0 aromatic heterocycles. The van der Waals surface area contributed by atoms with Crippen LogP contribution in [0.1, 0.15) is 44.4 Å². The number of likely N-dealkylation sites (N-methyl/N-ethyl adjacent to an activating group) is 1. The number of aliphatic hydroxyl groups excluding tert-OH is 1. The van der Waals surface area contributed by atoms with Crippen LogP contribution in [0.15, 0.2) is 47.4 Å². The average molecular weight is 629 g/mol. The van der Waals surface area contributed by atoms with Gasteiger partial charge in [-0.3, -0.25) is 28.9 Å². The van der Waals surface area contributed by atoms with E-state index in [1.54, 1.807) is 64.1 Å². The minimum atomic E-state index is -1.37. The Balaban J connectivity index is 1.79. The van der Waals surface area contributed by atoms with Gasteiger partial charge in [0.1, 0.15) is 30.3 Å². The van der Waals surface area contributed by atoms with E-state index in [4.69, 9.17) is 4.74 Å². The maximum atomic E-state index is 14.4. The van der Waals surface area contributed by atoms with Crippen LogP contribution in [-0.2, 0) is 25.7 Å². The summed E-state index contributed by atoms with van der Waals surface area (Å²) in [7, 11) is 1.39. The normalized spacial score (nSPS) is 16.4. The second-order valence-electron chi connectivity index (χ2n) is 11.4. The number of rotatable bonds is 11. The van der Waals surface area contributed by atoms with Crippen LogP contribution in [0.3, 0.4) is 0 Å². The van der Waals surface area contributed by atoms with Crippen molar-refractivity contribution in [2.45, 2.75) is 59.4 Å². The molecule has 3 atom stereocenters. The lowest BCUT2D eigenvalue weighted by molar-refractivity contribution is -0.137. The summed E-state index contributed by atoms with van der Waals surface area (Å²) >= 11 is 0.807. The number of ether oxygens (including phenoxy) is 1. The Hall–Kier alpha value is -4.23. The van der Waals surface area contributed by atoms with Crippen molar-refractivity contribution in [3.05, 3.63) is 69.9 Å². The number of aryl methyl sites for hydroxylation is 1. The topological polar surface area (TPSA) is 154 Å². The first-order chi connectivity index (χ1) is 20.6. The summed E-state index contributed by atoms with van der Waals surface area (Å²) < 4.78 is 20.2. The number of aliphatic hydroxyl groups is 1. The molecule has 0 saturated carbocycles. The fraction of sp³-hybridized carbons (Fsp3) is 0.387. The maximum Gasteiger partial charge on any atom is 0.293 e. The Morgan fingerprint density at radius 3 is 2.39 bits per heavy atom. The van der Waals surface area contributed by atoms with Crippen LogP contribution >= 0.6 is 11.8 Å². The summed E-state index contributed by atoms with van der Waals surface area (Å²) in [6.07, 6.45) is 0.244. The average Bonchev–Trinajstić information content (AvgIpc) is 3.18. The Bertz CT molecular complexity index is 1470. The fourth-order valence-corrected chi connectivity index (χ4v) is 4.71. The largest absolute Gasteiger partial charge is 0.491 e. The summed E-state index contributed by atoms with van der Waals surface area (Å²) in [5.74, 6) is -2.65. The van der Waals surface area contributed by atoms with Crippen LogP contribution in [0.2, 0.25) is 0 Å². The van der Waals surface area contributed by atoms with Crippen molar-refractivity contribution in [2.24, 2.45) is 5.41 Å². The zero-order valence-electron chi connectivity index (χ0n) is 25.4. The number of carbonyl (C=O) groups is 5. The van der Waals surface area contributed by atoms with Crippen molar-refractivity contribution in [2.75, 3.05) is 13.7 Å². The number of halogens is 1. The van der Waals surface area contributed by atoms with Crippen LogP contribution in [0.5, 0.6) is 5.75 Å². The summed E-state index contributed by atoms with van der Waals surface area (Å²) in [5, 5.41) is 17.5. The molecule has 5 amide bonds. The number of hydrogen-bond acceptors (Lipinski definition) is 8. The van der Waals surface area contributed by atoms with E-state index >= 15 is 0 Å². The van der Waals surface area contributed by atoms with Gasteiger partial charge in [0.25, 0.3) is 11.1 Å². The van der Waals surface area contributed by atoms with E-state index in [1.807, 2.05) is 0 Å². The number of imide groups is 1. The molecule has 0 unspecified atom stereocenters. The first kappa shape index (κ1) is 34.3. The van der Waals surface area contributed by atoms with Crippen molar-refractivity contribution in [1.82, 2.24) is 20.9 Å². The van der Waals surface area contributed by atoms with Crippen LogP contribution in [0.4, 0.5) is 9.18 Å². The van der Waals surface area contributed by atoms with Gasteiger partial charge in [-0.15, -0.1) is 0 Å². The third-order valence-corrected chi connectivity index (χ3v) is 7.55. The molecule has 2 aromatic carbocycles. The van der Waals surface area contributed by atoms with Gasteiger partial charge in [0.15, 0.2) is 0 Å². The second-order valence-corrected chi connectivity index (χ2v) is 12.4. The predicted molar refractivity (Wildman–Crippen MR) is 164 cm³/mol. The van der Waals surface area contributed by atoms with E-state index in [-0.39, 0.29) is 23.6 Å². The SMILES string of the molecule is Cc1ccc(CNC(=O)[C@H](COc2cccc(C=C3SC(=O)N(C)C3=O)c2)NC(=O)[C@@H](NC(=O)C(C)(C)C)[C@@H](C)O)c(F)c1. The third kappa shape index (κ3) is 9.13.